The first-order chi connectivity index (χ1) is 9.56. The molecule has 0 saturated carbocycles. The molecule has 0 amide bonds. The van der Waals surface area contributed by atoms with Crippen LogP contribution in [-0.2, 0) is 0 Å². The second-order valence-corrected chi connectivity index (χ2v) is 5.98. The molecule has 0 aliphatic heterocycles. The van der Waals surface area contributed by atoms with E-state index in [0.29, 0.717) is 5.82 Å². The van der Waals surface area contributed by atoms with E-state index in [1.165, 1.54) is 22.6 Å². The molecule has 3 aromatic rings. The fourth-order valence-electron chi connectivity index (χ4n) is 2.17. The molecular weight excluding hydrogens is 273 g/mol. The van der Waals surface area contributed by atoms with Gasteiger partial charge >= 0.3 is 0 Å². The van der Waals surface area contributed by atoms with Gasteiger partial charge in [0.15, 0.2) is 5.82 Å². The van der Waals surface area contributed by atoms with Gasteiger partial charge in [-0.3, -0.25) is 5.10 Å². The van der Waals surface area contributed by atoms with Crippen molar-refractivity contribution in [2.45, 2.75) is 13.8 Å². The molecule has 5 heteroatoms. The minimum absolute atomic E-state index is 0.285. The van der Waals surface area contributed by atoms with Crippen LogP contribution >= 0.6 is 11.3 Å². The summed E-state index contributed by atoms with van der Waals surface area (Å²) in [6.07, 6.45) is 0. The smallest absolute Gasteiger partial charge is 0.153 e. The van der Waals surface area contributed by atoms with Crippen molar-refractivity contribution in [2.24, 2.45) is 0 Å². The van der Waals surface area contributed by atoms with E-state index in [4.69, 9.17) is 5.73 Å². The number of halogens is 1. The highest BCUT2D eigenvalue weighted by molar-refractivity contribution is 7.15. The molecule has 2 aromatic heterocycles. The van der Waals surface area contributed by atoms with Crippen molar-refractivity contribution in [1.82, 2.24) is 10.2 Å². The molecule has 2 heterocycles. The zero-order valence-corrected chi connectivity index (χ0v) is 12.0. The van der Waals surface area contributed by atoms with Gasteiger partial charge in [0.2, 0.25) is 0 Å². The van der Waals surface area contributed by atoms with E-state index in [2.05, 4.69) is 30.1 Å². The summed E-state index contributed by atoms with van der Waals surface area (Å²) in [5, 5.41) is 7.04. The number of thiophene rings is 1. The van der Waals surface area contributed by atoms with Gasteiger partial charge in [-0.2, -0.15) is 5.10 Å². The van der Waals surface area contributed by atoms with E-state index in [1.807, 2.05) is 6.07 Å². The van der Waals surface area contributed by atoms with Gasteiger partial charge < -0.3 is 5.73 Å². The molecule has 0 bridgehead atoms. The lowest BCUT2D eigenvalue weighted by molar-refractivity contribution is 0.628. The van der Waals surface area contributed by atoms with Gasteiger partial charge in [0.1, 0.15) is 5.82 Å². The first-order valence-corrected chi connectivity index (χ1v) is 7.05. The van der Waals surface area contributed by atoms with Crippen LogP contribution in [0.25, 0.3) is 21.7 Å². The molecule has 102 valence electrons. The highest BCUT2D eigenvalue weighted by Crippen LogP contribution is 2.38. The van der Waals surface area contributed by atoms with Crippen LogP contribution in [0.5, 0.6) is 0 Å². The fourth-order valence-corrected chi connectivity index (χ4v) is 3.20. The van der Waals surface area contributed by atoms with Crippen LogP contribution in [0.15, 0.2) is 30.3 Å². The van der Waals surface area contributed by atoms with Crippen LogP contribution in [0.2, 0.25) is 0 Å². The molecular formula is C15H14FN3S. The van der Waals surface area contributed by atoms with Crippen molar-refractivity contribution in [2.75, 3.05) is 5.73 Å². The Morgan fingerprint density at radius 3 is 2.70 bits per heavy atom. The van der Waals surface area contributed by atoms with E-state index in [-0.39, 0.29) is 5.82 Å². The van der Waals surface area contributed by atoms with Crippen molar-refractivity contribution in [1.29, 1.82) is 0 Å². The molecule has 20 heavy (non-hydrogen) atoms. The molecule has 0 aliphatic carbocycles. The summed E-state index contributed by atoms with van der Waals surface area (Å²) in [7, 11) is 0. The molecule has 0 unspecified atom stereocenters. The number of anilines is 1. The lowest BCUT2D eigenvalue weighted by Crippen LogP contribution is -1.89. The van der Waals surface area contributed by atoms with Crippen LogP contribution in [-0.4, -0.2) is 10.2 Å². The average molecular weight is 287 g/mol. The molecule has 3 N–H and O–H groups in total. The summed E-state index contributed by atoms with van der Waals surface area (Å²) in [6.45, 7) is 4.14. The van der Waals surface area contributed by atoms with Crippen molar-refractivity contribution in [3.8, 4) is 21.7 Å². The van der Waals surface area contributed by atoms with Crippen molar-refractivity contribution < 1.29 is 4.39 Å². The molecule has 0 spiro atoms. The van der Waals surface area contributed by atoms with Gasteiger partial charge in [0.05, 0.1) is 16.1 Å². The van der Waals surface area contributed by atoms with Crippen LogP contribution < -0.4 is 5.73 Å². The lowest BCUT2D eigenvalue weighted by Gasteiger charge is -2.03. The van der Waals surface area contributed by atoms with E-state index >= 15 is 0 Å². The Hall–Kier alpha value is -2.14. The third kappa shape index (κ3) is 2.10. The maximum atomic E-state index is 13.4. The van der Waals surface area contributed by atoms with Crippen LogP contribution in [0.4, 0.5) is 10.2 Å². The number of hydrogen-bond donors (Lipinski definition) is 2. The largest absolute Gasteiger partial charge is 0.382 e. The van der Waals surface area contributed by atoms with E-state index in [1.54, 1.807) is 17.4 Å². The van der Waals surface area contributed by atoms with Crippen molar-refractivity contribution in [3.63, 3.8) is 0 Å². The Morgan fingerprint density at radius 2 is 2.05 bits per heavy atom. The molecule has 1 aromatic carbocycles. The standard InChI is InChI=1S/C15H14FN3S/c1-8-6-12(20-9(8)2)14-13(15(17)19-18-14)10-4-3-5-11(16)7-10/h3-7H,1-2H3,(H3,17,18,19). The van der Waals surface area contributed by atoms with Crippen molar-refractivity contribution >= 4 is 17.2 Å². The van der Waals surface area contributed by atoms with E-state index in [9.17, 15) is 4.39 Å². The summed E-state index contributed by atoms with van der Waals surface area (Å²) in [4.78, 5) is 2.31. The number of nitrogen functional groups attached to an aromatic ring is 1. The number of nitrogens with zero attached hydrogens (tertiary/aromatic N) is 1. The van der Waals surface area contributed by atoms with Gasteiger partial charge in [-0.1, -0.05) is 12.1 Å². The highest BCUT2D eigenvalue weighted by Gasteiger charge is 2.17. The van der Waals surface area contributed by atoms with Crippen LogP contribution in [0, 0.1) is 19.7 Å². The number of rotatable bonds is 2. The summed E-state index contributed by atoms with van der Waals surface area (Å²) in [5.41, 5.74) is 9.50. The minimum atomic E-state index is -0.285. The molecule has 3 rings (SSSR count). The zero-order valence-electron chi connectivity index (χ0n) is 11.2. The molecule has 0 saturated heterocycles. The number of hydrogen-bond acceptors (Lipinski definition) is 3. The first-order valence-electron chi connectivity index (χ1n) is 6.23. The fraction of sp³-hybridized carbons (Fsp3) is 0.133. The SMILES string of the molecule is Cc1cc(-c2[nH]nc(N)c2-c2cccc(F)c2)sc1C. The van der Waals surface area contributed by atoms with Gasteiger partial charge in [-0.25, -0.2) is 4.39 Å². The molecule has 0 fully saturated rings. The summed E-state index contributed by atoms with van der Waals surface area (Å²) < 4.78 is 13.4. The van der Waals surface area contributed by atoms with Crippen LogP contribution in [0.3, 0.4) is 0 Å². The molecule has 0 aliphatic rings. The first kappa shape index (κ1) is 12.9. The quantitative estimate of drug-likeness (QED) is 0.744. The lowest BCUT2D eigenvalue weighted by atomic mass is 10.0. The topological polar surface area (TPSA) is 54.7 Å². The Morgan fingerprint density at radius 1 is 1.25 bits per heavy atom. The van der Waals surface area contributed by atoms with Crippen LogP contribution in [0.1, 0.15) is 10.4 Å². The third-order valence-corrected chi connectivity index (χ3v) is 4.49. The minimum Gasteiger partial charge on any atom is -0.382 e. The van der Waals surface area contributed by atoms with Gasteiger partial charge in [-0.05, 0) is 43.2 Å². The number of H-pyrrole nitrogens is 1. The second-order valence-electron chi connectivity index (χ2n) is 4.72. The number of aryl methyl sites for hydroxylation is 2. The maximum Gasteiger partial charge on any atom is 0.153 e. The Kier molecular flexibility index (Phi) is 3.06. The highest BCUT2D eigenvalue weighted by atomic mass is 32.1. The zero-order chi connectivity index (χ0) is 14.3. The van der Waals surface area contributed by atoms with Gasteiger partial charge in [0.25, 0.3) is 0 Å². The summed E-state index contributed by atoms with van der Waals surface area (Å²) in [6, 6.07) is 8.49. The van der Waals surface area contributed by atoms with Crippen molar-refractivity contribution in [3.05, 3.63) is 46.6 Å². The number of nitrogens with one attached hydrogen (secondary N) is 1. The van der Waals surface area contributed by atoms with Gasteiger partial charge in [-0.15, -0.1) is 11.3 Å². The Bertz CT molecular complexity index is 754. The number of aromatic nitrogens is 2. The average Bonchev–Trinajstić information content (AvgIpc) is 2.93. The molecule has 0 atom stereocenters. The third-order valence-electron chi connectivity index (χ3n) is 3.32. The summed E-state index contributed by atoms with van der Waals surface area (Å²) in [5.74, 6) is 0.0990. The normalized spacial score (nSPS) is 10.9. The predicted molar refractivity (Wildman–Crippen MR) is 81.2 cm³/mol. The monoisotopic (exact) mass is 287 g/mol. The number of nitrogens with two attached hydrogens (primary N) is 1. The van der Waals surface area contributed by atoms with E-state index < -0.39 is 0 Å². The molecule has 3 nitrogen and oxygen atoms in total. The summed E-state index contributed by atoms with van der Waals surface area (Å²) >= 11 is 1.67. The predicted octanol–water partition coefficient (Wildman–Crippen LogP) is 4.14. The Balaban J connectivity index is 2.19. The number of benzene rings is 1. The Labute approximate surface area is 120 Å². The van der Waals surface area contributed by atoms with E-state index in [0.717, 1.165) is 21.7 Å². The maximum absolute atomic E-state index is 13.4. The second kappa shape index (κ2) is 4.76. The van der Waals surface area contributed by atoms with Gasteiger partial charge in [0, 0.05) is 4.88 Å². The molecule has 0 radical (unpaired) electrons. The number of aromatic amines is 1.